The molecule has 6 nitrogen and oxygen atoms in total. The van der Waals surface area contributed by atoms with Gasteiger partial charge in [0.25, 0.3) is 0 Å². The van der Waals surface area contributed by atoms with Gasteiger partial charge in [-0.25, -0.2) is 4.79 Å². The van der Waals surface area contributed by atoms with E-state index in [9.17, 15) is 9.59 Å². The molecule has 1 aliphatic heterocycles. The van der Waals surface area contributed by atoms with Crippen LogP contribution in [0, 0.1) is 0 Å². The largest absolute Gasteiger partial charge is 0.444 e. The third kappa shape index (κ3) is 4.07. The molecule has 0 aliphatic carbocycles. The van der Waals surface area contributed by atoms with Crippen LogP contribution in [0.2, 0.25) is 0 Å². The minimum atomic E-state index is -0.580. The van der Waals surface area contributed by atoms with E-state index in [-0.39, 0.29) is 5.91 Å². The van der Waals surface area contributed by atoms with Gasteiger partial charge in [-0.1, -0.05) is 18.2 Å². The fourth-order valence-corrected chi connectivity index (χ4v) is 2.94. The molecule has 1 fully saturated rings. The molecule has 6 heteroatoms. The summed E-state index contributed by atoms with van der Waals surface area (Å²) in [5.74, 6) is -0.208. The monoisotopic (exact) mass is 341 g/mol. The first kappa shape index (κ1) is 17.2. The minimum Gasteiger partial charge on any atom is -0.444 e. The van der Waals surface area contributed by atoms with Crippen LogP contribution in [-0.2, 0) is 9.53 Å². The SMILES string of the molecule is CC(C)(C)OC(=O)N1CCC[C@@H]1C(=O)Nc1cnc2ccccc2c1. The van der Waals surface area contributed by atoms with E-state index in [0.717, 1.165) is 17.3 Å². The molecule has 1 atom stereocenters. The van der Waals surface area contributed by atoms with Gasteiger partial charge in [0.05, 0.1) is 17.4 Å². The first-order valence-corrected chi connectivity index (χ1v) is 8.49. The lowest BCUT2D eigenvalue weighted by Crippen LogP contribution is -2.45. The second kappa shape index (κ2) is 6.70. The van der Waals surface area contributed by atoms with Crippen molar-refractivity contribution in [2.75, 3.05) is 11.9 Å². The number of rotatable bonds is 2. The van der Waals surface area contributed by atoms with E-state index in [1.165, 1.54) is 4.90 Å². The number of carbonyl (C=O) groups excluding carboxylic acids is 2. The Hall–Kier alpha value is -2.63. The number of hydrogen-bond acceptors (Lipinski definition) is 4. The summed E-state index contributed by atoms with van der Waals surface area (Å²) in [6.45, 7) is 5.98. The molecule has 0 saturated carbocycles. The van der Waals surface area contributed by atoms with Crippen molar-refractivity contribution in [3.63, 3.8) is 0 Å². The average Bonchev–Trinajstić information content (AvgIpc) is 3.03. The fraction of sp³-hybridized carbons (Fsp3) is 0.421. The van der Waals surface area contributed by atoms with Crippen molar-refractivity contribution >= 4 is 28.6 Å². The average molecular weight is 341 g/mol. The first-order valence-electron chi connectivity index (χ1n) is 8.49. The molecule has 1 N–H and O–H groups in total. The maximum Gasteiger partial charge on any atom is 0.410 e. The third-order valence-corrected chi connectivity index (χ3v) is 4.04. The third-order valence-electron chi connectivity index (χ3n) is 4.04. The maximum absolute atomic E-state index is 12.6. The van der Waals surface area contributed by atoms with E-state index in [1.54, 1.807) is 6.20 Å². The Bertz CT molecular complexity index is 798. The van der Waals surface area contributed by atoms with E-state index < -0.39 is 17.7 Å². The quantitative estimate of drug-likeness (QED) is 0.906. The highest BCUT2D eigenvalue weighted by Gasteiger charge is 2.36. The van der Waals surface area contributed by atoms with Gasteiger partial charge in [-0.2, -0.15) is 0 Å². The fourth-order valence-electron chi connectivity index (χ4n) is 2.94. The number of hydrogen-bond donors (Lipinski definition) is 1. The summed E-state index contributed by atoms with van der Waals surface area (Å²) in [5, 5.41) is 3.83. The Kier molecular flexibility index (Phi) is 4.61. The van der Waals surface area contributed by atoms with E-state index in [0.29, 0.717) is 18.7 Å². The van der Waals surface area contributed by atoms with E-state index in [1.807, 2.05) is 51.1 Å². The van der Waals surface area contributed by atoms with Gasteiger partial charge in [0.15, 0.2) is 0 Å². The summed E-state index contributed by atoms with van der Waals surface area (Å²) < 4.78 is 5.40. The van der Waals surface area contributed by atoms with Crippen molar-refractivity contribution < 1.29 is 14.3 Å². The molecule has 25 heavy (non-hydrogen) atoms. The number of para-hydroxylation sites is 1. The van der Waals surface area contributed by atoms with Gasteiger partial charge in [-0.15, -0.1) is 0 Å². The molecule has 1 aliphatic rings. The van der Waals surface area contributed by atoms with Crippen LogP contribution in [0.5, 0.6) is 0 Å². The predicted octanol–water partition coefficient (Wildman–Crippen LogP) is 3.57. The van der Waals surface area contributed by atoms with Crippen LogP contribution in [0.1, 0.15) is 33.6 Å². The number of pyridine rings is 1. The summed E-state index contributed by atoms with van der Waals surface area (Å²) in [6, 6.07) is 9.08. The number of amides is 2. The number of carbonyl (C=O) groups is 2. The highest BCUT2D eigenvalue weighted by molar-refractivity contribution is 5.98. The van der Waals surface area contributed by atoms with Crippen LogP contribution < -0.4 is 5.32 Å². The molecular formula is C19H23N3O3. The summed E-state index contributed by atoms with van der Waals surface area (Å²) >= 11 is 0. The van der Waals surface area contributed by atoms with Gasteiger partial charge in [0.1, 0.15) is 11.6 Å². The molecule has 3 rings (SSSR count). The molecule has 1 saturated heterocycles. The first-order chi connectivity index (χ1) is 11.8. The van der Waals surface area contributed by atoms with E-state index >= 15 is 0 Å². The van der Waals surface area contributed by atoms with E-state index in [4.69, 9.17) is 4.74 Å². The van der Waals surface area contributed by atoms with Crippen LogP contribution in [0.15, 0.2) is 36.5 Å². The molecular weight excluding hydrogens is 318 g/mol. The van der Waals surface area contributed by atoms with Crippen molar-refractivity contribution in [3.8, 4) is 0 Å². The highest BCUT2D eigenvalue weighted by atomic mass is 16.6. The number of nitrogens with one attached hydrogen (secondary N) is 1. The van der Waals surface area contributed by atoms with Crippen molar-refractivity contribution in [1.29, 1.82) is 0 Å². The molecule has 2 aromatic rings. The zero-order valence-corrected chi connectivity index (χ0v) is 14.8. The van der Waals surface area contributed by atoms with Crippen molar-refractivity contribution in [2.45, 2.75) is 45.3 Å². The zero-order valence-electron chi connectivity index (χ0n) is 14.8. The Balaban J connectivity index is 1.71. The molecule has 0 spiro atoms. The van der Waals surface area contributed by atoms with Crippen molar-refractivity contribution in [1.82, 2.24) is 9.88 Å². The number of nitrogens with zero attached hydrogens (tertiary/aromatic N) is 2. The number of ether oxygens (including phenoxy) is 1. The summed E-state index contributed by atoms with van der Waals surface area (Å²) in [7, 11) is 0. The number of likely N-dealkylation sites (tertiary alicyclic amines) is 1. The lowest BCUT2D eigenvalue weighted by atomic mass is 10.2. The summed E-state index contributed by atoms with van der Waals surface area (Å²) in [5.41, 5.74) is 0.916. The highest BCUT2D eigenvalue weighted by Crippen LogP contribution is 2.23. The maximum atomic E-state index is 12.6. The molecule has 0 unspecified atom stereocenters. The molecule has 2 amide bonds. The van der Waals surface area contributed by atoms with Crippen molar-refractivity contribution in [3.05, 3.63) is 36.5 Å². The second-order valence-electron chi connectivity index (χ2n) is 7.24. The number of aromatic nitrogens is 1. The lowest BCUT2D eigenvalue weighted by molar-refractivity contribution is -0.120. The van der Waals surface area contributed by atoms with Gasteiger partial charge in [-0.05, 0) is 45.7 Å². The second-order valence-corrected chi connectivity index (χ2v) is 7.24. The Morgan fingerprint density at radius 1 is 1.28 bits per heavy atom. The standard InChI is InChI=1S/C19H23N3O3/c1-19(2,3)25-18(24)22-10-6-9-16(22)17(23)21-14-11-13-7-4-5-8-15(13)20-12-14/h4-5,7-8,11-12,16H,6,9-10H2,1-3H3,(H,21,23)/t16-/m1/s1. The summed E-state index contributed by atoms with van der Waals surface area (Å²) in [4.78, 5) is 30.8. The van der Waals surface area contributed by atoms with Crippen LogP contribution >= 0.6 is 0 Å². The minimum absolute atomic E-state index is 0.208. The summed E-state index contributed by atoms with van der Waals surface area (Å²) in [6.07, 6.45) is 2.61. The number of benzene rings is 1. The van der Waals surface area contributed by atoms with Gasteiger partial charge in [0.2, 0.25) is 5.91 Å². The Morgan fingerprint density at radius 3 is 2.80 bits per heavy atom. The number of fused-ring (bicyclic) bond motifs is 1. The number of anilines is 1. The normalized spacial score (nSPS) is 17.6. The zero-order chi connectivity index (χ0) is 18.0. The lowest BCUT2D eigenvalue weighted by Gasteiger charge is -2.28. The van der Waals surface area contributed by atoms with Crippen LogP contribution in [0.3, 0.4) is 0 Å². The Labute approximate surface area is 147 Å². The molecule has 1 aromatic carbocycles. The predicted molar refractivity (Wildman–Crippen MR) is 96.3 cm³/mol. The molecule has 1 aromatic heterocycles. The smallest absolute Gasteiger partial charge is 0.410 e. The molecule has 0 bridgehead atoms. The van der Waals surface area contributed by atoms with Gasteiger partial charge in [0, 0.05) is 11.9 Å². The molecule has 132 valence electrons. The van der Waals surface area contributed by atoms with Gasteiger partial charge < -0.3 is 10.1 Å². The molecule has 2 heterocycles. The van der Waals surface area contributed by atoms with Gasteiger partial charge in [-0.3, -0.25) is 14.7 Å². The van der Waals surface area contributed by atoms with Gasteiger partial charge >= 0.3 is 6.09 Å². The topological polar surface area (TPSA) is 71.5 Å². The van der Waals surface area contributed by atoms with Crippen molar-refractivity contribution in [2.24, 2.45) is 0 Å². The molecule has 0 radical (unpaired) electrons. The van der Waals surface area contributed by atoms with Crippen LogP contribution in [0.25, 0.3) is 10.9 Å². The Morgan fingerprint density at radius 2 is 2.04 bits per heavy atom. The van der Waals surface area contributed by atoms with Crippen LogP contribution in [0.4, 0.5) is 10.5 Å². The van der Waals surface area contributed by atoms with Crippen LogP contribution in [-0.4, -0.2) is 40.1 Å². The van der Waals surface area contributed by atoms with E-state index in [2.05, 4.69) is 10.3 Å².